The molecule has 8 aromatic rings. The molecule has 9 rings (SSSR count). The van der Waals surface area contributed by atoms with E-state index in [2.05, 4.69) is 58.0 Å². The second kappa shape index (κ2) is 41.4. The molecule has 2 amide bonds. The lowest BCUT2D eigenvalue weighted by atomic mass is 9.92. The summed E-state index contributed by atoms with van der Waals surface area (Å²) in [7, 11) is 0. The average molecular weight is 1480 g/mol. The Bertz CT molecular complexity index is 4750. The zero-order valence-electron chi connectivity index (χ0n) is 63.2. The molecular formula is C92H86N2O16. The lowest BCUT2D eigenvalue weighted by Crippen LogP contribution is -2.28. The summed E-state index contributed by atoms with van der Waals surface area (Å²) in [5.41, 5.74) is 5.05. The highest BCUT2D eigenvalue weighted by Crippen LogP contribution is 2.43. The van der Waals surface area contributed by atoms with E-state index in [4.69, 9.17) is 47.4 Å². The molecule has 2 atom stereocenters. The van der Waals surface area contributed by atoms with Crippen molar-refractivity contribution in [3.8, 4) is 93.0 Å². The van der Waals surface area contributed by atoms with E-state index in [0.717, 1.165) is 11.1 Å². The topological polar surface area (TPSA) is 219 Å². The van der Waals surface area contributed by atoms with Crippen LogP contribution < -0.4 is 39.1 Å². The molecule has 0 radical (unpaired) electrons. The molecule has 18 heteroatoms. The number of allylic oxidation sites excluding steroid dienone is 4. The quantitative estimate of drug-likeness (QED) is 0.0447. The average Bonchev–Trinajstić information content (AvgIpc) is 0.762. The molecule has 560 valence electrons. The van der Waals surface area contributed by atoms with E-state index in [9.17, 15) is 19.2 Å². The van der Waals surface area contributed by atoms with Gasteiger partial charge in [0.05, 0.1) is 98.3 Å². The molecule has 2 N–H and O–H groups in total. The highest BCUT2D eigenvalue weighted by Gasteiger charge is 2.29. The summed E-state index contributed by atoms with van der Waals surface area (Å²) in [5, 5.41) is 6.34. The minimum Gasteiger partial charge on any atom is -0.490 e. The van der Waals surface area contributed by atoms with Crippen LogP contribution in [0.15, 0.2) is 216 Å². The van der Waals surface area contributed by atoms with Gasteiger partial charge in [-0.15, -0.1) is 0 Å². The van der Waals surface area contributed by atoms with Crippen molar-refractivity contribution in [1.82, 2.24) is 10.6 Å². The number of hydrogen-bond acceptors (Lipinski definition) is 16. The maximum absolute atomic E-state index is 15.7. The molecule has 0 aliphatic carbocycles. The standard InChI is InChI=1S/C92H86N2O16/c1-11-61(5)89(97)107-81-59-75(83(109-91(99)63(7)13-3)57-73(81)39-35-67-27-19-15-20-28-67)41-37-69-53-77-78-54-70(38-42-76-60-82(108-90(98)62(6)12-2)74(40-36-68-29-21-16-22-30-68)58-84(76)110-92(100)64(8)14-4)56-80(88(96)94-66(10)72-33-25-18-26-34-72)86(78)106-52-50-104-48-46-102-44-43-101-45-47-103-49-51-105-85(77)79(55-69)87(95)93-65(9)71-31-23-17-24-32-71/h11-34,53-60,65-66H,43-52H2,1-10H3,(H,93,95)(H,94,96)/b61-11?,62-12?,63-13+,64-14?/t65-,66-/m1/s1. The number of fused-ring (bicyclic) bond motifs is 3. The number of ether oxygens (including phenoxy) is 10. The number of esters is 4. The molecule has 0 spiro atoms. The third-order valence-electron chi connectivity index (χ3n) is 17.2. The van der Waals surface area contributed by atoms with Gasteiger partial charge >= 0.3 is 23.9 Å². The van der Waals surface area contributed by atoms with Crippen LogP contribution in [0.25, 0.3) is 11.1 Å². The number of benzene rings is 8. The number of nitrogens with one attached hydrogen (secondary N) is 2. The number of carbonyl (C=O) groups excluding carboxylic acids is 6. The Morgan fingerprint density at radius 1 is 0.336 bits per heavy atom. The van der Waals surface area contributed by atoms with Gasteiger partial charge < -0.3 is 58.0 Å². The van der Waals surface area contributed by atoms with Gasteiger partial charge in [-0.25, -0.2) is 19.2 Å². The SMILES string of the molecule is CC=C(C)C(=O)Oc1cc(C#Cc2cc(C(=O)N[C@H](C)c3ccccc3)c3c(c2)-c2cc(C#Cc4cc(OC(=O)C(C)=CC)c(C#Cc5ccccc5)cc4OC(=O)/C(C)=C/C)cc(C(=O)N[C@H](C)c4ccccc4)c2OCCOCCOCCOCCOCCO3)c(OC(=O)C(C)=CC)cc1C#Cc1ccccc1. The van der Waals surface area contributed by atoms with Gasteiger partial charge in [0.1, 0.15) is 47.7 Å². The summed E-state index contributed by atoms with van der Waals surface area (Å²) < 4.78 is 61.9. The normalized spacial score (nSPS) is 13.6. The Morgan fingerprint density at radius 2 is 0.591 bits per heavy atom. The van der Waals surface area contributed by atoms with Gasteiger partial charge in [-0.05, 0) is 129 Å². The third kappa shape index (κ3) is 23.4. The van der Waals surface area contributed by atoms with E-state index >= 15 is 9.59 Å². The van der Waals surface area contributed by atoms with E-state index in [1.54, 1.807) is 104 Å². The number of hydrogen-bond donors (Lipinski definition) is 2. The molecule has 0 saturated carbocycles. The summed E-state index contributed by atoms with van der Waals surface area (Å²) in [4.78, 5) is 86.7. The molecule has 0 saturated heterocycles. The van der Waals surface area contributed by atoms with Gasteiger partial charge in [-0.2, -0.15) is 0 Å². The van der Waals surface area contributed by atoms with E-state index in [0.29, 0.717) is 35.5 Å². The molecule has 1 aliphatic rings. The smallest absolute Gasteiger partial charge is 0.338 e. The zero-order valence-corrected chi connectivity index (χ0v) is 63.2. The van der Waals surface area contributed by atoms with Crippen molar-refractivity contribution in [1.29, 1.82) is 0 Å². The summed E-state index contributed by atoms with van der Waals surface area (Å²) >= 11 is 0. The molecule has 110 heavy (non-hydrogen) atoms. The predicted molar refractivity (Wildman–Crippen MR) is 421 cm³/mol. The van der Waals surface area contributed by atoms with Crippen LogP contribution in [0.2, 0.25) is 0 Å². The molecule has 18 nitrogen and oxygen atoms in total. The highest BCUT2D eigenvalue weighted by atomic mass is 16.6. The van der Waals surface area contributed by atoms with Crippen molar-refractivity contribution in [3.63, 3.8) is 0 Å². The number of amides is 2. The molecule has 0 unspecified atom stereocenters. The van der Waals surface area contributed by atoms with Gasteiger partial charge in [-0.1, -0.05) is 169 Å². The van der Waals surface area contributed by atoms with E-state index < -0.39 is 47.8 Å². The van der Waals surface area contributed by atoms with Crippen LogP contribution in [-0.4, -0.2) is 102 Å². The van der Waals surface area contributed by atoms with Crippen molar-refractivity contribution in [2.24, 2.45) is 0 Å². The Morgan fingerprint density at radius 3 is 0.864 bits per heavy atom. The minimum absolute atomic E-state index is 0.00265. The van der Waals surface area contributed by atoms with Crippen LogP contribution in [0.5, 0.6) is 34.5 Å². The van der Waals surface area contributed by atoms with Crippen LogP contribution in [0.3, 0.4) is 0 Å². The molecule has 0 fully saturated rings. The van der Waals surface area contributed by atoms with Gasteiger partial charge in [0.25, 0.3) is 11.8 Å². The second-order valence-electron chi connectivity index (χ2n) is 25.0. The Balaban J connectivity index is 1.38. The zero-order chi connectivity index (χ0) is 78.3. The number of rotatable bonds is 14. The van der Waals surface area contributed by atoms with E-state index in [1.165, 1.54) is 24.3 Å². The Hall–Kier alpha value is -12.8. The van der Waals surface area contributed by atoms with Gasteiger partial charge in [-0.3, -0.25) is 9.59 Å². The monoisotopic (exact) mass is 1470 g/mol. The van der Waals surface area contributed by atoms with Crippen molar-refractivity contribution < 1.29 is 76.1 Å². The summed E-state index contributed by atoms with van der Waals surface area (Å²) in [6.45, 7) is 18.0. The second-order valence-corrected chi connectivity index (χ2v) is 25.0. The van der Waals surface area contributed by atoms with Crippen molar-refractivity contribution >= 4 is 35.7 Å². The lowest BCUT2D eigenvalue weighted by molar-refractivity contribution is -0.131. The first-order valence-corrected chi connectivity index (χ1v) is 35.9. The molecule has 8 aromatic carbocycles. The fraction of sp³-hybridized carbons (Fsp3) is 0.239. The van der Waals surface area contributed by atoms with Gasteiger partial charge in [0.2, 0.25) is 0 Å². The molecular weight excluding hydrogens is 1390 g/mol. The first-order valence-electron chi connectivity index (χ1n) is 35.9. The van der Waals surface area contributed by atoms with Gasteiger partial charge in [0.15, 0.2) is 0 Å². The summed E-state index contributed by atoms with van der Waals surface area (Å²) in [6, 6.07) is 48.1. The third-order valence-corrected chi connectivity index (χ3v) is 17.2. The predicted octanol–water partition coefficient (Wildman–Crippen LogP) is 15.3. The number of carbonyl (C=O) groups is 6. The maximum atomic E-state index is 15.7. The Kier molecular flexibility index (Phi) is 30.6. The van der Waals surface area contributed by atoms with Crippen molar-refractivity contribution in [3.05, 3.63) is 283 Å². The highest BCUT2D eigenvalue weighted by molar-refractivity contribution is 6.04. The van der Waals surface area contributed by atoms with Gasteiger partial charge in [0, 0.05) is 79.9 Å². The van der Waals surface area contributed by atoms with Crippen LogP contribution in [-0.2, 0) is 38.1 Å². The van der Waals surface area contributed by atoms with Crippen molar-refractivity contribution in [2.75, 3.05) is 66.1 Å². The molecule has 1 aliphatic heterocycles. The summed E-state index contributed by atoms with van der Waals surface area (Å²) in [5.74, 6) is 21.2. The van der Waals surface area contributed by atoms with Crippen LogP contribution in [0.4, 0.5) is 0 Å². The first-order chi connectivity index (χ1) is 53.3. The Labute approximate surface area is 642 Å². The largest absolute Gasteiger partial charge is 0.490 e. The fourth-order valence-electron chi connectivity index (χ4n) is 10.5. The van der Waals surface area contributed by atoms with Crippen LogP contribution >= 0.6 is 0 Å². The fourth-order valence-corrected chi connectivity index (χ4v) is 10.5. The van der Waals surface area contributed by atoms with E-state index in [-0.39, 0.29) is 154 Å². The first kappa shape index (κ1) is 81.3. The summed E-state index contributed by atoms with van der Waals surface area (Å²) in [6.07, 6.45) is 6.41. The van der Waals surface area contributed by atoms with Crippen LogP contribution in [0.1, 0.15) is 158 Å². The van der Waals surface area contributed by atoms with Crippen molar-refractivity contribution in [2.45, 2.75) is 81.3 Å². The molecule has 0 aromatic heterocycles. The van der Waals surface area contributed by atoms with Crippen LogP contribution in [0, 0.1) is 47.4 Å². The van der Waals surface area contributed by atoms with E-state index in [1.807, 2.05) is 135 Å². The molecule has 1 heterocycles. The molecule has 0 bridgehead atoms. The maximum Gasteiger partial charge on any atom is 0.338 e. The lowest BCUT2D eigenvalue weighted by Gasteiger charge is -2.23. The minimum atomic E-state index is -0.705.